The standard InChI is InChI=1S/C15H16ClN5O3/c16-10-6-17-15(18-7-10)24-11-2-4-20(9-11)13(22)12-8-19-21-3-1-5-23-14(12)21/h6-8,11H,1-5,9H2/t11-/m1/s1. The van der Waals surface area contributed by atoms with Crippen LogP contribution < -0.4 is 9.47 Å². The van der Waals surface area contributed by atoms with E-state index in [1.54, 1.807) is 15.8 Å². The van der Waals surface area contributed by atoms with Crippen LogP contribution in [0.2, 0.25) is 5.02 Å². The SMILES string of the molecule is O=C(c1cnn2c1OCCC2)N1CC[C@@H](Oc2ncc(Cl)cn2)C1. The molecular formula is C15H16ClN5O3. The number of hydrogen-bond donors (Lipinski definition) is 0. The number of likely N-dealkylation sites (tertiary alicyclic amines) is 1. The monoisotopic (exact) mass is 349 g/mol. The second-order valence-electron chi connectivity index (χ2n) is 5.75. The van der Waals surface area contributed by atoms with E-state index >= 15 is 0 Å². The molecule has 4 rings (SSSR count). The van der Waals surface area contributed by atoms with Crippen LogP contribution in [0.25, 0.3) is 0 Å². The Bertz CT molecular complexity index is 748. The van der Waals surface area contributed by atoms with E-state index in [0.29, 0.717) is 36.2 Å². The molecule has 0 unspecified atom stereocenters. The number of fused-ring (bicyclic) bond motifs is 1. The number of aromatic nitrogens is 4. The Kier molecular flexibility index (Phi) is 3.97. The van der Waals surface area contributed by atoms with Crippen LogP contribution in [0.3, 0.4) is 0 Å². The highest BCUT2D eigenvalue weighted by molar-refractivity contribution is 6.30. The first-order valence-corrected chi connectivity index (χ1v) is 8.20. The fraction of sp³-hybridized carbons (Fsp3) is 0.467. The van der Waals surface area contributed by atoms with Gasteiger partial charge in [-0.1, -0.05) is 11.6 Å². The van der Waals surface area contributed by atoms with Crippen molar-refractivity contribution in [2.24, 2.45) is 0 Å². The summed E-state index contributed by atoms with van der Waals surface area (Å²) in [6.07, 6.45) is 6.04. The van der Waals surface area contributed by atoms with Gasteiger partial charge in [0.05, 0.1) is 36.8 Å². The van der Waals surface area contributed by atoms with Gasteiger partial charge in [-0.2, -0.15) is 5.10 Å². The van der Waals surface area contributed by atoms with Crippen molar-refractivity contribution in [2.75, 3.05) is 19.7 Å². The van der Waals surface area contributed by atoms with Gasteiger partial charge in [0.25, 0.3) is 5.91 Å². The van der Waals surface area contributed by atoms with Gasteiger partial charge in [-0.3, -0.25) is 4.79 Å². The third-order valence-corrected chi connectivity index (χ3v) is 4.27. The summed E-state index contributed by atoms with van der Waals surface area (Å²) in [7, 11) is 0. The van der Waals surface area contributed by atoms with Crippen LogP contribution in [0, 0.1) is 0 Å². The predicted molar refractivity (Wildman–Crippen MR) is 84.3 cm³/mol. The molecule has 126 valence electrons. The van der Waals surface area contributed by atoms with Gasteiger partial charge >= 0.3 is 6.01 Å². The molecule has 2 aliphatic heterocycles. The van der Waals surface area contributed by atoms with Crippen LogP contribution in [0.1, 0.15) is 23.2 Å². The third kappa shape index (κ3) is 2.89. The average molecular weight is 350 g/mol. The van der Waals surface area contributed by atoms with Crippen LogP contribution in [-0.4, -0.2) is 56.4 Å². The maximum atomic E-state index is 12.7. The average Bonchev–Trinajstić information content (AvgIpc) is 3.23. The molecule has 0 saturated carbocycles. The first-order valence-electron chi connectivity index (χ1n) is 7.83. The minimum atomic E-state index is -0.137. The summed E-state index contributed by atoms with van der Waals surface area (Å²) >= 11 is 5.75. The number of halogens is 1. The molecular weight excluding hydrogens is 334 g/mol. The zero-order valence-corrected chi connectivity index (χ0v) is 13.6. The summed E-state index contributed by atoms with van der Waals surface area (Å²) in [4.78, 5) is 22.5. The highest BCUT2D eigenvalue weighted by atomic mass is 35.5. The summed E-state index contributed by atoms with van der Waals surface area (Å²) in [5, 5.41) is 4.68. The summed E-state index contributed by atoms with van der Waals surface area (Å²) in [5.41, 5.74) is 0.512. The number of carbonyl (C=O) groups excluding carboxylic acids is 1. The Morgan fingerprint density at radius 1 is 1.29 bits per heavy atom. The molecule has 2 aromatic heterocycles. The van der Waals surface area contributed by atoms with Gasteiger partial charge in [-0.05, 0) is 0 Å². The highest BCUT2D eigenvalue weighted by Crippen LogP contribution is 2.25. The summed E-state index contributed by atoms with van der Waals surface area (Å²) < 4.78 is 13.1. The van der Waals surface area contributed by atoms with Gasteiger partial charge in [-0.15, -0.1) is 0 Å². The second kappa shape index (κ2) is 6.27. The number of aryl methyl sites for hydroxylation is 1. The van der Waals surface area contributed by atoms with E-state index in [9.17, 15) is 4.79 Å². The smallest absolute Gasteiger partial charge is 0.316 e. The van der Waals surface area contributed by atoms with E-state index in [2.05, 4.69) is 15.1 Å². The first kappa shape index (κ1) is 15.2. The van der Waals surface area contributed by atoms with Gasteiger partial charge in [0, 0.05) is 25.9 Å². The molecule has 1 saturated heterocycles. The topological polar surface area (TPSA) is 82.4 Å². The van der Waals surface area contributed by atoms with Crippen LogP contribution in [0.15, 0.2) is 18.6 Å². The quantitative estimate of drug-likeness (QED) is 0.833. The maximum Gasteiger partial charge on any atom is 0.316 e. The van der Waals surface area contributed by atoms with Crippen molar-refractivity contribution in [1.29, 1.82) is 0 Å². The minimum absolute atomic E-state index is 0.0822. The number of hydrogen-bond acceptors (Lipinski definition) is 6. The van der Waals surface area contributed by atoms with E-state index in [-0.39, 0.29) is 18.0 Å². The van der Waals surface area contributed by atoms with Crippen molar-refractivity contribution < 1.29 is 14.3 Å². The molecule has 0 radical (unpaired) electrons. The number of rotatable bonds is 3. The Morgan fingerprint density at radius 2 is 2.12 bits per heavy atom. The molecule has 4 heterocycles. The Balaban J connectivity index is 1.42. The predicted octanol–water partition coefficient (Wildman–Crippen LogP) is 1.40. The number of carbonyl (C=O) groups is 1. The van der Waals surface area contributed by atoms with Crippen molar-refractivity contribution in [3.05, 3.63) is 29.2 Å². The molecule has 9 heteroatoms. The zero-order valence-electron chi connectivity index (χ0n) is 12.9. The van der Waals surface area contributed by atoms with Gasteiger partial charge in [-0.25, -0.2) is 14.6 Å². The second-order valence-corrected chi connectivity index (χ2v) is 6.19. The van der Waals surface area contributed by atoms with E-state index < -0.39 is 0 Å². The van der Waals surface area contributed by atoms with Crippen LogP contribution in [0.5, 0.6) is 11.9 Å². The molecule has 8 nitrogen and oxygen atoms in total. The third-order valence-electron chi connectivity index (χ3n) is 4.08. The molecule has 0 N–H and O–H groups in total. The molecule has 0 aromatic carbocycles. The maximum absolute atomic E-state index is 12.7. The lowest BCUT2D eigenvalue weighted by Gasteiger charge is -2.19. The first-order chi connectivity index (χ1) is 11.7. The lowest BCUT2D eigenvalue weighted by atomic mass is 10.3. The molecule has 1 fully saturated rings. The van der Waals surface area contributed by atoms with Crippen molar-refractivity contribution in [2.45, 2.75) is 25.5 Å². The Hall–Kier alpha value is -2.35. The van der Waals surface area contributed by atoms with Gasteiger partial charge < -0.3 is 14.4 Å². The zero-order chi connectivity index (χ0) is 16.5. The van der Waals surface area contributed by atoms with Gasteiger partial charge in [0.15, 0.2) is 0 Å². The largest absolute Gasteiger partial charge is 0.477 e. The van der Waals surface area contributed by atoms with E-state index in [1.807, 2.05) is 0 Å². The number of nitrogens with zero attached hydrogens (tertiary/aromatic N) is 5. The molecule has 0 aliphatic carbocycles. The van der Waals surface area contributed by atoms with Crippen molar-refractivity contribution in [3.8, 4) is 11.9 Å². The normalized spacial score (nSPS) is 19.7. The summed E-state index contributed by atoms with van der Waals surface area (Å²) in [6, 6.07) is 0.268. The van der Waals surface area contributed by atoms with E-state index in [4.69, 9.17) is 21.1 Å². The van der Waals surface area contributed by atoms with Crippen LogP contribution in [-0.2, 0) is 6.54 Å². The van der Waals surface area contributed by atoms with Crippen molar-refractivity contribution in [3.63, 3.8) is 0 Å². The van der Waals surface area contributed by atoms with Gasteiger partial charge in [0.1, 0.15) is 11.7 Å². The van der Waals surface area contributed by atoms with Crippen molar-refractivity contribution in [1.82, 2.24) is 24.6 Å². The summed E-state index contributed by atoms with van der Waals surface area (Å²) in [6.45, 7) is 2.49. The van der Waals surface area contributed by atoms with E-state index in [0.717, 1.165) is 19.4 Å². The number of amides is 1. The number of ether oxygens (including phenoxy) is 2. The molecule has 24 heavy (non-hydrogen) atoms. The Morgan fingerprint density at radius 3 is 2.96 bits per heavy atom. The van der Waals surface area contributed by atoms with E-state index in [1.165, 1.54) is 12.4 Å². The fourth-order valence-corrected chi connectivity index (χ4v) is 3.00. The van der Waals surface area contributed by atoms with Crippen LogP contribution >= 0.6 is 11.6 Å². The lowest BCUT2D eigenvalue weighted by molar-refractivity contribution is 0.0763. The summed E-state index contributed by atoms with van der Waals surface area (Å²) in [5.74, 6) is 0.484. The van der Waals surface area contributed by atoms with Gasteiger partial charge in [0.2, 0.25) is 5.88 Å². The molecule has 2 aromatic rings. The van der Waals surface area contributed by atoms with Crippen LogP contribution in [0.4, 0.5) is 0 Å². The highest BCUT2D eigenvalue weighted by Gasteiger charge is 2.32. The molecule has 0 bridgehead atoms. The van der Waals surface area contributed by atoms with Crippen molar-refractivity contribution >= 4 is 17.5 Å². The Labute approximate surface area is 143 Å². The lowest BCUT2D eigenvalue weighted by Crippen LogP contribution is -2.31. The molecule has 1 amide bonds. The molecule has 0 spiro atoms. The molecule has 2 aliphatic rings. The fourth-order valence-electron chi connectivity index (χ4n) is 2.91. The minimum Gasteiger partial charge on any atom is -0.477 e. The molecule has 1 atom stereocenters.